The Labute approximate surface area is 131 Å². The summed E-state index contributed by atoms with van der Waals surface area (Å²) in [5, 5.41) is 8.75. The maximum absolute atomic E-state index is 4.45. The number of nitrogens with zero attached hydrogens (tertiary/aromatic N) is 4. The van der Waals surface area contributed by atoms with Crippen molar-refractivity contribution < 1.29 is 0 Å². The lowest BCUT2D eigenvalue weighted by Gasteiger charge is -2.30. The fraction of sp³-hybridized carbons (Fsp3) is 0.333. The van der Waals surface area contributed by atoms with Gasteiger partial charge in [-0.05, 0) is 26.6 Å². The minimum Gasteiger partial charge on any atom is -0.302 e. The topological polar surface area (TPSA) is 34.0 Å². The molecule has 2 aromatic rings. The second-order valence-electron chi connectivity index (χ2n) is 6.01. The van der Waals surface area contributed by atoms with Gasteiger partial charge in [-0.15, -0.1) is 5.10 Å². The van der Waals surface area contributed by atoms with Gasteiger partial charge in [0.05, 0.1) is 5.69 Å². The number of aryl methyl sites for hydroxylation is 2. The van der Waals surface area contributed by atoms with Gasteiger partial charge in [-0.25, -0.2) is 0 Å². The molecule has 0 N–H and O–H groups in total. The minimum atomic E-state index is 0.245. The standard InChI is InChI=1S/C18H22N4/c1-13-9-5-6-10-14(13)17-18(22(4)20-19-17)15-11-7-8-12-16(15)21(2)3/h5-12,15-16H,1-4H3. The van der Waals surface area contributed by atoms with Gasteiger partial charge in [0, 0.05) is 24.6 Å². The van der Waals surface area contributed by atoms with E-state index in [0.717, 1.165) is 17.0 Å². The van der Waals surface area contributed by atoms with Gasteiger partial charge >= 0.3 is 0 Å². The number of hydrogen-bond donors (Lipinski definition) is 0. The predicted molar refractivity (Wildman–Crippen MR) is 89.7 cm³/mol. The van der Waals surface area contributed by atoms with Crippen molar-refractivity contribution in [3.05, 3.63) is 59.8 Å². The van der Waals surface area contributed by atoms with E-state index in [2.05, 4.69) is 84.8 Å². The molecule has 0 amide bonds. The molecule has 114 valence electrons. The summed E-state index contributed by atoms with van der Waals surface area (Å²) in [5.41, 5.74) is 4.53. The molecule has 1 aliphatic rings. The molecule has 0 spiro atoms. The third-order valence-electron chi connectivity index (χ3n) is 4.29. The van der Waals surface area contributed by atoms with E-state index in [1.165, 1.54) is 5.56 Å². The van der Waals surface area contributed by atoms with E-state index in [1.54, 1.807) is 0 Å². The van der Waals surface area contributed by atoms with Crippen LogP contribution in [-0.2, 0) is 7.05 Å². The van der Waals surface area contributed by atoms with Crippen molar-refractivity contribution in [2.24, 2.45) is 7.05 Å². The molecule has 2 atom stereocenters. The Morgan fingerprint density at radius 2 is 1.82 bits per heavy atom. The van der Waals surface area contributed by atoms with Crippen LogP contribution in [-0.4, -0.2) is 40.0 Å². The highest BCUT2D eigenvalue weighted by molar-refractivity contribution is 5.66. The molecule has 0 aliphatic heterocycles. The van der Waals surface area contributed by atoms with Gasteiger partial charge in [0.2, 0.25) is 0 Å². The lowest BCUT2D eigenvalue weighted by Crippen LogP contribution is -2.33. The van der Waals surface area contributed by atoms with E-state index in [1.807, 2.05) is 11.7 Å². The van der Waals surface area contributed by atoms with Crippen LogP contribution in [0.3, 0.4) is 0 Å². The maximum atomic E-state index is 4.45. The molecule has 1 aromatic heterocycles. The highest BCUT2D eigenvalue weighted by Crippen LogP contribution is 2.34. The lowest BCUT2D eigenvalue weighted by atomic mass is 9.88. The smallest absolute Gasteiger partial charge is 0.117 e. The van der Waals surface area contributed by atoms with Crippen LogP contribution in [0.15, 0.2) is 48.6 Å². The molecular weight excluding hydrogens is 272 g/mol. The van der Waals surface area contributed by atoms with Crippen LogP contribution in [0.4, 0.5) is 0 Å². The van der Waals surface area contributed by atoms with Crippen molar-refractivity contribution in [1.82, 2.24) is 19.9 Å². The fourth-order valence-electron chi connectivity index (χ4n) is 3.11. The molecule has 1 aromatic carbocycles. The molecule has 0 fully saturated rings. The van der Waals surface area contributed by atoms with Gasteiger partial charge in [0.25, 0.3) is 0 Å². The Morgan fingerprint density at radius 3 is 2.55 bits per heavy atom. The Hall–Kier alpha value is -2.20. The summed E-state index contributed by atoms with van der Waals surface area (Å²) in [6.07, 6.45) is 8.70. The zero-order chi connectivity index (χ0) is 15.7. The van der Waals surface area contributed by atoms with E-state index in [-0.39, 0.29) is 5.92 Å². The molecule has 2 unspecified atom stereocenters. The van der Waals surface area contributed by atoms with Crippen molar-refractivity contribution in [2.45, 2.75) is 18.9 Å². The van der Waals surface area contributed by atoms with E-state index >= 15 is 0 Å². The molecule has 22 heavy (non-hydrogen) atoms. The number of likely N-dealkylation sites (N-methyl/N-ethyl adjacent to an activating group) is 1. The molecule has 4 nitrogen and oxygen atoms in total. The normalized spacial score (nSPS) is 20.8. The summed E-state index contributed by atoms with van der Waals surface area (Å²) in [6.45, 7) is 2.12. The summed E-state index contributed by atoms with van der Waals surface area (Å²) < 4.78 is 1.91. The molecule has 4 heteroatoms. The number of hydrogen-bond acceptors (Lipinski definition) is 3. The first-order valence-electron chi connectivity index (χ1n) is 7.56. The summed E-state index contributed by atoms with van der Waals surface area (Å²) in [6, 6.07) is 8.66. The second-order valence-corrected chi connectivity index (χ2v) is 6.01. The fourth-order valence-corrected chi connectivity index (χ4v) is 3.11. The lowest BCUT2D eigenvalue weighted by molar-refractivity contribution is 0.315. The van der Waals surface area contributed by atoms with Crippen LogP contribution >= 0.6 is 0 Å². The van der Waals surface area contributed by atoms with Crippen LogP contribution in [0.2, 0.25) is 0 Å². The van der Waals surface area contributed by atoms with Gasteiger partial charge in [-0.2, -0.15) is 0 Å². The molecule has 0 saturated carbocycles. The Balaban J connectivity index is 2.12. The zero-order valence-electron chi connectivity index (χ0n) is 13.6. The van der Waals surface area contributed by atoms with E-state index < -0.39 is 0 Å². The van der Waals surface area contributed by atoms with Crippen LogP contribution in [0, 0.1) is 6.92 Å². The average molecular weight is 294 g/mol. The maximum Gasteiger partial charge on any atom is 0.117 e. The summed E-state index contributed by atoms with van der Waals surface area (Å²) in [7, 11) is 6.19. The number of aromatic nitrogens is 3. The average Bonchev–Trinajstić information content (AvgIpc) is 2.89. The quantitative estimate of drug-likeness (QED) is 0.873. The summed E-state index contributed by atoms with van der Waals surface area (Å²) >= 11 is 0. The monoisotopic (exact) mass is 294 g/mol. The van der Waals surface area contributed by atoms with Crippen LogP contribution in [0.25, 0.3) is 11.3 Å². The number of rotatable bonds is 3. The number of allylic oxidation sites excluding steroid dienone is 2. The third-order valence-corrected chi connectivity index (χ3v) is 4.29. The molecular formula is C18H22N4. The highest BCUT2D eigenvalue weighted by Gasteiger charge is 2.29. The molecule has 0 bridgehead atoms. The van der Waals surface area contributed by atoms with E-state index in [9.17, 15) is 0 Å². The molecule has 0 radical (unpaired) electrons. The zero-order valence-corrected chi connectivity index (χ0v) is 13.6. The SMILES string of the molecule is Cc1ccccc1-c1nnn(C)c1C1C=CC=CC1N(C)C. The Bertz CT molecular complexity index is 724. The minimum absolute atomic E-state index is 0.245. The van der Waals surface area contributed by atoms with Crippen LogP contribution < -0.4 is 0 Å². The summed E-state index contributed by atoms with van der Waals surface area (Å²) in [4.78, 5) is 2.24. The van der Waals surface area contributed by atoms with Gasteiger partial charge in [0.1, 0.15) is 5.69 Å². The first-order valence-corrected chi connectivity index (χ1v) is 7.56. The van der Waals surface area contributed by atoms with Crippen LogP contribution in [0.5, 0.6) is 0 Å². The van der Waals surface area contributed by atoms with Crippen molar-refractivity contribution in [1.29, 1.82) is 0 Å². The van der Waals surface area contributed by atoms with Crippen LogP contribution in [0.1, 0.15) is 17.2 Å². The Kier molecular flexibility index (Phi) is 3.94. The predicted octanol–water partition coefficient (Wildman–Crippen LogP) is 2.93. The third kappa shape index (κ3) is 2.50. The van der Waals surface area contributed by atoms with E-state index in [4.69, 9.17) is 0 Å². The molecule has 1 aliphatic carbocycles. The van der Waals surface area contributed by atoms with Gasteiger partial charge in [-0.1, -0.05) is 53.8 Å². The molecule has 0 saturated heterocycles. The van der Waals surface area contributed by atoms with E-state index in [0.29, 0.717) is 6.04 Å². The van der Waals surface area contributed by atoms with Gasteiger partial charge in [0.15, 0.2) is 0 Å². The highest BCUT2D eigenvalue weighted by atomic mass is 15.4. The second kappa shape index (κ2) is 5.89. The molecule has 3 rings (SSSR count). The largest absolute Gasteiger partial charge is 0.302 e. The number of benzene rings is 1. The molecule has 1 heterocycles. The Morgan fingerprint density at radius 1 is 1.09 bits per heavy atom. The summed E-state index contributed by atoms with van der Waals surface area (Å²) in [5.74, 6) is 0.245. The van der Waals surface area contributed by atoms with Crippen molar-refractivity contribution in [3.63, 3.8) is 0 Å². The first kappa shape index (κ1) is 14.7. The van der Waals surface area contributed by atoms with Gasteiger partial charge in [-0.3, -0.25) is 4.68 Å². The van der Waals surface area contributed by atoms with Crippen molar-refractivity contribution >= 4 is 0 Å². The van der Waals surface area contributed by atoms with Gasteiger partial charge < -0.3 is 4.90 Å². The van der Waals surface area contributed by atoms with Crippen molar-refractivity contribution in [3.8, 4) is 11.3 Å². The first-order chi connectivity index (χ1) is 10.6. The van der Waals surface area contributed by atoms with Crippen molar-refractivity contribution in [2.75, 3.05) is 14.1 Å².